The molecule has 0 spiro atoms. The highest BCUT2D eigenvalue weighted by atomic mass is 32.1. The predicted molar refractivity (Wildman–Crippen MR) is 129 cm³/mol. The first-order chi connectivity index (χ1) is 15.4. The van der Waals surface area contributed by atoms with E-state index in [4.69, 9.17) is 0 Å². The van der Waals surface area contributed by atoms with Gasteiger partial charge in [-0.25, -0.2) is 4.98 Å². The van der Waals surface area contributed by atoms with Crippen LogP contribution < -0.4 is 5.32 Å². The van der Waals surface area contributed by atoms with E-state index in [0.29, 0.717) is 37.4 Å². The maximum atomic E-state index is 13.2. The van der Waals surface area contributed by atoms with Crippen molar-refractivity contribution in [2.24, 2.45) is 5.41 Å². The Morgan fingerprint density at radius 1 is 1.12 bits per heavy atom. The number of benzene rings is 2. The molecule has 0 aliphatic carbocycles. The zero-order valence-electron chi connectivity index (χ0n) is 18.9. The van der Waals surface area contributed by atoms with Crippen LogP contribution in [0.3, 0.4) is 0 Å². The first-order valence-corrected chi connectivity index (χ1v) is 11.9. The van der Waals surface area contributed by atoms with E-state index < -0.39 is 5.41 Å². The number of carbonyl (C=O) groups is 2. The smallest absolute Gasteiger partial charge is 0.265 e. The fraction of sp³-hybridized carbons (Fsp3) is 0.346. The number of nitrogens with one attached hydrogen (secondary N) is 1. The number of hydrogen-bond acceptors (Lipinski definition) is 4. The first kappa shape index (κ1) is 22.2. The van der Waals surface area contributed by atoms with Crippen LogP contribution in [0.1, 0.15) is 39.8 Å². The Hall–Kier alpha value is -2.99. The Balaban J connectivity index is 1.60. The van der Waals surface area contributed by atoms with E-state index in [1.54, 1.807) is 5.51 Å². The number of carbonyl (C=O) groups excluding carboxylic acids is 2. The van der Waals surface area contributed by atoms with Crippen LogP contribution in [0.15, 0.2) is 54.0 Å². The molecule has 4 rings (SSSR count). The normalized spacial score (nSPS) is 18.0. The molecule has 1 fully saturated rings. The molecule has 1 saturated heterocycles. The van der Waals surface area contributed by atoms with Crippen molar-refractivity contribution in [2.45, 2.75) is 33.6 Å². The van der Waals surface area contributed by atoms with Gasteiger partial charge in [0.05, 0.1) is 16.6 Å². The monoisotopic (exact) mass is 447 g/mol. The van der Waals surface area contributed by atoms with Crippen molar-refractivity contribution in [1.29, 1.82) is 0 Å². The fourth-order valence-electron chi connectivity index (χ4n) is 4.45. The lowest BCUT2D eigenvalue weighted by atomic mass is 9.79. The molecule has 2 aromatic carbocycles. The molecule has 0 radical (unpaired) electrons. The topological polar surface area (TPSA) is 62.3 Å². The zero-order chi connectivity index (χ0) is 22.7. The molecule has 1 aromatic heterocycles. The Morgan fingerprint density at radius 3 is 2.59 bits per heavy atom. The highest BCUT2D eigenvalue weighted by Gasteiger charge is 2.46. The van der Waals surface area contributed by atoms with E-state index in [-0.39, 0.29) is 11.8 Å². The third-order valence-electron chi connectivity index (χ3n) is 6.25. The van der Waals surface area contributed by atoms with Gasteiger partial charge < -0.3 is 10.2 Å². The summed E-state index contributed by atoms with van der Waals surface area (Å²) >= 11 is 1.36. The van der Waals surface area contributed by atoms with Crippen LogP contribution in [0, 0.1) is 19.3 Å². The van der Waals surface area contributed by atoms with Gasteiger partial charge >= 0.3 is 0 Å². The minimum atomic E-state index is -0.629. The average molecular weight is 448 g/mol. The van der Waals surface area contributed by atoms with Gasteiger partial charge in [-0.3, -0.25) is 9.59 Å². The van der Waals surface area contributed by atoms with Gasteiger partial charge in [-0.2, -0.15) is 0 Å². The molecular formula is C26H29N3O2S. The van der Waals surface area contributed by atoms with Crippen LogP contribution in [0.5, 0.6) is 0 Å². The highest BCUT2D eigenvalue weighted by molar-refractivity contribution is 7.11. The van der Waals surface area contributed by atoms with Crippen molar-refractivity contribution in [3.8, 4) is 11.1 Å². The van der Waals surface area contributed by atoms with Crippen molar-refractivity contribution in [1.82, 2.24) is 15.2 Å². The van der Waals surface area contributed by atoms with E-state index in [1.807, 2.05) is 18.7 Å². The van der Waals surface area contributed by atoms with E-state index in [9.17, 15) is 9.59 Å². The largest absolute Gasteiger partial charge is 0.356 e. The third kappa shape index (κ3) is 4.46. The summed E-state index contributed by atoms with van der Waals surface area (Å²) in [5.74, 6) is 0.00152. The second-order valence-corrected chi connectivity index (χ2v) is 9.48. The third-order valence-corrected chi connectivity index (χ3v) is 7.17. The second kappa shape index (κ2) is 9.25. The standard InChI is InChI=1S/C26H29N3O2S/c1-4-27-25(31)26(12-13-29(16-26)24(30)23-19(3)28-17-32-23)15-20-6-5-7-22(14-20)21-10-8-18(2)9-11-21/h5-11,14,17H,4,12-13,15-16H2,1-3H3,(H,27,31)/t26-/m0/s1. The van der Waals surface area contributed by atoms with Crippen molar-refractivity contribution >= 4 is 23.2 Å². The fourth-order valence-corrected chi connectivity index (χ4v) is 5.22. The van der Waals surface area contributed by atoms with Gasteiger partial charge in [0.25, 0.3) is 5.91 Å². The molecule has 3 aromatic rings. The lowest BCUT2D eigenvalue weighted by Gasteiger charge is -2.28. The number of likely N-dealkylation sites (tertiary alicyclic amines) is 1. The minimum Gasteiger partial charge on any atom is -0.356 e. The number of aromatic nitrogens is 1. The van der Waals surface area contributed by atoms with Crippen molar-refractivity contribution in [3.63, 3.8) is 0 Å². The van der Waals surface area contributed by atoms with E-state index >= 15 is 0 Å². The van der Waals surface area contributed by atoms with Crippen LogP contribution in [-0.2, 0) is 11.2 Å². The van der Waals surface area contributed by atoms with Gasteiger partial charge in [-0.15, -0.1) is 11.3 Å². The van der Waals surface area contributed by atoms with Crippen LogP contribution in [0.4, 0.5) is 0 Å². The Bertz CT molecular complexity index is 1120. The van der Waals surface area contributed by atoms with Crippen molar-refractivity contribution in [3.05, 3.63) is 75.7 Å². The Kier molecular flexibility index (Phi) is 6.42. The molecule has 32 heavy (non-hydrogen) atoms. The van der Waals surface area contributed by atoms with Crippen LogP contribution in [-0.4, -0.2) is 41.3 Å². The van der Waals surface area contributed by atoms with E-state index in [0.717, 1.165) is 22.4 Å². The van der Waals surface area contributed by atoms with Crippen molar-refractivity contribution < 1.29 is 9.59 Å². The quantitative estimate of drug-likeness (QED) is 0.599. The highest BCUT2D eigenvalue weighted by Crippen LogP contribution is 2.37. The second-order valence-electron chi connectivity index (χ2n) is 8.63. The summed E-state index contributed by atoms with van der Waals surface area (Å²) in [6.07, 6.45) is 1.25. The lowest BCUT2D eigenvalue weighted by Crippen LogP contribution is -2.45. The van der Waals surface area contributed by atoms with Gasteiger partial charge in [0, 0.05) is 19.6 Å². The predicted octanol–water partition coefficient (Wildman–Crippen LogP) is 4.64. The number of rotatable bonds is 6. The van der Waals surface area contributed by atoms with Gasteiger partial charge in [0.1, 0.15) is 4.88 Å². The first-order valence-electron chi connectivity index (χ1n) is 11.1. The summed E-state index contributed by atoms with van der Waals surface area (Å²) in [5.41, 5.74) is 6.46. The van der Waals surface area contributed by atoms with E-state index in [1.165, 1.54) is 16.9 Å². The molecule has 1 aliphatic heterocycles. The van der Waals surface area contributed by atoms with Gasteiger partial charge in [-0.1, -0.05) is 54.1 Å². The molecule has 1 aliphatic rings. The van der Waals surface area contributed by atoms with E-state index in [2.05, 4.69) is 65.8 Å². The lowest BCUT2D eigenvalue weighted by molar-refractivity contribution is -0.130. The molecular weight excluding hydrogens is 418 g/mol. The number of hydrogen-bond donors (Lipinski definition) is 1. The van der Waals surface area contributed by atoms with Crippen LogP contribution >= 0.6 is 11.3 Å². The molecule has 2 amide bonds. The molecule has 5 nitrogen and oxygen atoms in total. The van der Waals surface area contributed by atoms with Crippen molar-refractivity contribution in [2.75, 3.05) is 19.6 Å². The summed E-state index contributed by atoms with van der Waals surface area (Å²) in [6, 6.07) is 16.9. The molecule has 1 N–H and O–H groups in total. The molecule has 166 valence electrons. The molecule has 0 bridgehead atoms. The number of nitrogens with zero attached hydrogens (tertiary/aromatic N) is 2. The van der Waals surface area contributed by atoms with Gasteiger partial charge in [0.15, 0.2) is 0 Å². The number of amides is 2. The maximum absolute atomic E-state index is 13.2. The van der Waals surface area contributed by atoms with Crippen LogP contribution in [0.2, 0.25) is 0 Å². The number of aryl methyl sites for hydroxylation is 2. The molecule has 1 atom stereocenters. The molecule has 0 unspecified atom stereocenters. The SMILES string of the molecule is CCNC(=O)[C@]1(Cc2cccc(-c3ccc(C)cc3)c2)CCN(C(=O)c2scnc2C)C1. The summed E-state index contributed by atoms with van der Waals surface area (Å²) in [6.45, 7) is 7.44. The van der Waals surface area contributed by atoms with Gasteiger partial charge in [0.2, 0.25) is 5.91 Å². The molecule has 2 heterocycles. The molecule has 6 heteroatoms. The Labute approximate surface area is 193 Å². The Morgan fingerprint density at radius 2 is 1.91 bits per heavy atom. The van der Waals surface area contributed by atoms with Crippen LogP contribution in [0.25, 0.3) is 11.1 Å². The summed E-state index contributed by atoms with van der Waals surface area (Å²) in [5, 5.41) is 3.02. The zero-order valence-corrected chi connectivity index (χ0v) is 19.7. The number of thiazole rings is 1. The average Bonchev–Trinajstić information content (AvgIpc) is 3.41. The molecule has 0 saturated carbocycles. The summed E-state index contributed by atoms with van der Waals surface area (Å²) in [7, 11) is 0. The maximum Gasteiger partial charge on any atom is 0.265 e. The summed E-state index contributed by atoms with van der Waals surface area (Å²) in [4.78, 5) is 33.0. The summed E-state index contributed by atoms with van der Waals surface area (Å²) < 4.78 is 0. The minimum absolute atomic E-state index is 0.0235. The van der Waals surface area contributed by atoms with Gasteiger partial charge in [-0.05, 0) is 50.3 Å².